The Bertz CT molecular complexity index is 766. The maximum Gasteiger partial charge on any atom is 0.201 e. The first-order valence-electron chi connectivity index (χ1n) is 7.56. The fourth-order valence-corrected chi connectivity index (χ4v) is 4.25. The number of thiophene rings is 1. The van der Waals surface area contributed by atoms with Crippen molar-refractivity contribution in [2.45, 2.75) is 13.0 Å². The van der Waals surface area contributed by atoms with Crippen LogP contribution in [0.5, 0.6) is 0 Å². The molecular formula is C16H17N3O2S. The van der Waals surface area contributed by atoms with Gasteiger partial charge in [0.15, 0.2) is 0 Å². The number of fused-ring (bicyclic) bond motifs is 3. The van der Waals surface area contributed by atoms with Gasteiger partial charge < -0.3 is 9.30 Å². The molecule has 0 radical (unpaired) electrons. The van der Waals surface area contributed by atoms with Crippen molar-refractivity contribution in [3.63, 3.8) is 0 Å². The minimum atomic E-state index is -0.899. The Hall–Kier alpha value is -1.68. The van der Waals surface area contributed by atoms with Crippen LogP contribution in [0.2, 0.25) is 0 Å². The molecule has 6 heteroatoms. The predicted molar refractivity (Wildman–Crippen MR) is 84.1 cm³/mol. The van der Waals surface area contributed by atoms with Crippen molar-refractivity contribution in [2.24, 2.45) is 5.41 Å². The molecule has 1 atom stereocenters. The maximum absolute atomic E-state index is 12.8. The van der Waals surface area contributed by atoms with Crippen LogP contribution in [0.25, 0.3) is 10.2 Å². The molecule has 0 unspecified atom stereocenters. The highest BCUT2D eigenvalue weighted by atomic mass is 32.1. The van der Waals surface area contributed by atoms with Crippen molar-refractivity contribution in [1.29, 1.82) is 5.26 Å². The van der Waals surface area contributed by atoms with E-state index >= 15 is 0 Å². The summed E-state index contributed by atoms with van der Waals surface area (Å²) in [5, 5.41) is 11.7. The van der Waals surface area contributed by atoms with E-state index in [2.05, 4.69) is 11.0 Å². The number of carbonyl (C=O) groups is 1. The van der Waals surface area contributed by atoms with Crippen LogP contribution in [0.4, 0.5) is 0 Å². The minimum Gasteiger partial charge on any atom is -0.379 e. The lowest BCUT2D eigenvalue weighted by Gasteiger charge is -2.29. The molecule has 114 valence electrons. The largest absolute Gasteiger partial charge is 0.379 e. The summed E-state index contributed by atoms with van der Waals surface area (Å²) in [6, 6.07) is 6.31. The van der Waals surface area contributed by atoms with Gasteiger partial charge in [0.1, 0.15) is 5.41 Å². The van der Waals surface area contributed by atoms with Gasteiger partial charge in [-0.3, -0.25) is 9.69 Å². The van der Waals surface area contributed by atoms with Crippen LogP contribution in [0, 0.1) is 16.7 Å². The van der Waals surface area contributed by atoms with Crippen molar-refractivity contribution < 1.29 is 9.53 Å². The second kappa shape index (κ2) is 5.20. The highest BCUT2D eigenvalue weighted by Gasteiger charge is 2.47. The van der Waals surface area contributed by atoms with Gasteiger partial charge in [-0.2, -0.15) is 5.26 Å². The third-order valence-electron chi connectivity index (χ3n) is 4.79. The summed E-state index contributed by atoms with van der Waals surface area (Å²) in [5.74, 6) is -0.00772. The van der Waals surface area contributed by atoms with Crippen LogP contribution in [-0.2, 0) is 11.3 Å². The summed E-state index contributed by atoms with van der Waals surface area (Å²) < 4.78 is 8.50. The Morgan fingerprint density at radius 2 is 2.23 bits per heavy atom. The minimum absolute atomic E-state index is 0.00772. The first-order valence-corrected chi connectivity index (χ1v) is 8.44. The molecular weight excluding hydrogens is 298 g/mol. The van der Waals surface area contributed by atoms with Gasteiger partial charge in [0.2, 0.25) is 5.78 Å². The van der Waals surface area contributed by atoms with Crippen LogP contribution in [-0.4, -0.2) is 48.1 Å². The maximum atomic E-state index is 12.8. The van der Waals surface area contributed by atoms with Gasteiger partial charge in [-0.05, 0) is 23.9 Å². The van der Waals surface area contributed by atoms with E-state index in [1.807, 2.05) is 22.1 Å². The number of hydrogen-bond acceptors (Lipinski definition) is 5. The lowest BCUT2D eigenvalue weighted by atomic mass is 9.82. The van der Waals surface area contributed by atoms with Gasteiger partial charge in [-0.1, -0.05) is 0 Å². The molecule has 0 N–H and O–H groups in total. The standard InChI is InChI=1S/C16H17N3O2S/c17-10-16(2-3-18-4-6-21-7-5-18)11-19-12-1-8-22-14(12)9-13(19)15(16)20/h1,8-9H,2-7,11H2/t16-/m0/s1. The van der Waals surface area contributed by atoms with E-state index in [9.17, 15) is 10.1 Å². The number of ether oxygens (including phenoxy) is 1. The van der Waals surface area contributed by atoms with Gasteiger partial charge in [0.25, 0.3) is 0 Å². The van der Waals surface area contributed by atoms with E-state index in [4.69, 9.17) is 4.74 Å². The average Bonchev–Trinajstić information content (AvgIpc) is 3.20. The third-order valence-corrected chi connectivity index (χ3v) is 5.64. The highest BCUT2D eigenvalue weighted by molar-refractivity contribution is 7.17. The van der Waals surface area contributed by atoms with Crippen molar-refractivity contribution in [3.8, 4) is 6.07 Å². The number of ketones is 1. The molecule has 2 aromatic heterocycles. The summed E-state index contributed by atoms with van der Waals surface area (Å²) in [4.78, 5) is 15.1. The van der Waals surface area contributed by atoms with Crippen LogP contribution >= 0.6 is 11.3 Å². The number of morpholine rings is 1. The summed E-state index contributed by atoms with van der Waals surface area (Å²) in [5.41, 5.74) is 0.881. The SMILES string of the molecule is N#C[C@@]1(CCN2CCOCC2)Cn2c(cc3sccc32)C1=O. The van der Waals surface area contributed by atoms with E-state index in [1.54, 1.807) is 11.3 Å². The number of Topliss-reactive ketones (excluding diaryl/α,β-unsaturated/α-hetero) is 1. The zero-order valence-electron chi connectivity index (χ0n) is 12.2. The van der Waals surface area contributed by atoms with Gasteiger partial charge in [-0.25, -0.2) is 0 Å². The Labute approximate surface area is 132 Å². The molecule has 1 fully saturated rings. The zero-order valence-corrected chi connectivity index (χ0v) is 13.1. The van der Waals surface area contributed by atoms with Crippen molar-refractivity contribution in [3.05, 3.63) is 23.2 Å². The van der Waals surface area contributed by atoms with Crippen LogP contribution in [0.15, 0.2) is 17.5 Å². The Balaban J connectivity index is 1.57. The van der Waals surface area contributed by atoms with E-state index in [1.165, 1.54) is 0 Å². The predicted octanol–water partition coefficient (Wildman–Crippen LogP) is 2.13. The molecule has 0 bridgehead atoms. The Morgan fingerprint density at radius 3 is 3.00 bits per heavy atom. The lowest BCUT2D eigenvalue weighted by molar-refractivity contribution is 0.0332. The van der Waals surface area contributed by atoms with Crippen molar-refractivity contribution >= 4 is 27.3 Å². The van der Waals surface area contributed by atoms with Crippen LogP contribution < -0.4 is 0 Å². The van der Waals surface area contributed by atoms with Crippen LogP contribution in [0.3, 0.4) is 0 Å². The smallest absolute Gasteiger partial charge is 0.201 e. The number of hydrogen-bond donors (Lipinski definition) is 0. The van der Waals surface area contributed by atoms with E-state index in [-0.39, 0.29) is 5.78 Å². The van der Waals surface area contributed by atoms with Gasteiger partial charge in [0.05, 0.1) is 35.2 Å². The molecule has 0 spiro atoms. The number of nitrogens with zero attached hydrogens (tertiary/aromatic N) is 3. The first kappa shape index (κ1) is 13.9. The molecule has 0 aromatic carbocycles. The average molecular weight is 315 g/mol. The van der Waals surface area contributed by atoms with Gasteiger partial charge >= 0.3 is 0 Å². The summed E-state index contributed by atoms with van der Waals surface area (Å²) in [7, 11) is 0. The number of aromatic nitrogens is 1. The van der Waals surface area contributed by atoms with Gasteiger partial charge in [0, 0.05) is 26.2 Å². The van der Waals surface area contributed by atoms with Crippen molar-refractivity contribution in [1.82, 2.24) is 9.47 Å². The second-order valence-electron chi connectivity index (χ2n) is 6.01. The van der Waals surface area contributed by atoms with Crippen molar-refractivity contribution in [2.75, 3.05) is 32.8 Å². The molecule has 22 heavy (non-hydrogen) atoms. The summed E-state index contributed by atoms with van der Waals surface area (Å²) in [6.07, 6.45) is 0.593. The first-order chi connectivity index (χ1) is 10.7. The fourth-order valence-electron chi connectivity index (χ4n) is 3.43. The van der Waals surface area contributed by atoms with Gasteiger partial charge in [-0.15, -0.1) is 11.3 Å². The fraction of sp³-hybridized carbons (Fsp3) is 0.500. The second-order valence-corrected chi connectivity index (χ2v) is 6.96. The molecule has 2 aliphatic heterocycles. The summed E-state index contributed by atoms with van der Waals surface area (Å²) in [6.45, 7) is 4.52. The van der Waals surface area contributed by atoms with E-state index in [0.29, 0.717) is 18.7 Å². The third kappa shape index (κ3) is 2.01. The number of rotatable bonds is 3. The quantitative estimate of drug-likeness (QED) is 0.870. The molecule has 2 aliphatic rings. The number of nitriles is 1. The molecule has 5 nitrogen and oxygen atoms in total. The van der Waals surface area contributed by atoms with E-state index < -0.39 is 5.41 Å². The Kier molecular flexibility index (Phi) is 3.30. The molecule has 4 heterocycles. The Morgan fingerprint density at radius 1 is 1.41 bits per heavy atom. The monoisotopic (exact) mass is 315 g/mol. The molecule has 0 amide bonds. The highest BCUT2D eigenvalue weighted by Crippen LogP contribution is 2.40. The molecule has 2 aromatic rings. The molecule has 0 aliphatic carbocycles. The topological polar surface area (TPSA) is 58.3 Å². The zero-order chi connectivity index (χ0) is 15.2. The summed E-state index contributed by atoms with van der Waals surface area (Å²) >= 11 is 1.64. The normalized spacial score (nSPS) is 25.5. The van der Waals surface area contributed by atoms with E-state index in [0.717, 1.165) is 43.1 Å². The van der Waals surface area contributed by atoms with Crippen LogP contribution in [0.1, 0.15) is 16.9 Å². The lowest BCUT2D eigenvalue weighted by Crippen LogP contribution is -2.40. The molecule has 0 saturated carbocycles. The molecule has 4 rings (SSSR count). The molecule has 1 saturated heterocycles. The number of carbonyl (C=O) groups excluding carboxylic acids is 1.